The molecule has 0 aliphatic rings. The largest absolute Gasteiger partial charge is 0.319 e. The monoisotopic (exact) mass is 391 g/mol. The van der Waals surface area contributed by atoms with E-state index in [1.54, 1.807) is 4.68 Å². The fourth-order valence-corrected chi connectivity index (χ4v) is 2.52. The lowest BCUT2D eigenvalue weighted by atomic mass is 10.1. The molecule has 2 N–H and O–H groups in total. The molecular weight excluding hydrogens is 381 g/mol. The third-order valence-electron chi connectivity index (χ3n) is 2.35. The molecule has 0 aliphatic carbocycles. The van der Waals surface area contributed by atoms with Crippen molar-refractivity contribution in [2.45, 2.75) is 6.04 Å². The molecule has 1 unspecified atom stereocenters. The van der Waals surface area contributed by atoms with Gasteiger partial charge < -0.3 is 5.73 Å². The van der Waals surface area contributed by atoms with E-state index in [1.807, 2.05) is 31.4 Å². The molecule has 0 spiro atoms. The van der Waals surface area contributed by atoms with Gasteiger partial charge in [0.1, 0.15) is 0 Å². The van der Waals surface area contributed by atoms with E-state index in [4.69, 9.17) is 5.73 Å². The van der Waals surface area contributed by atoms with E-state index in [1.165, 1.54) is 3.57 Å². The van der Waals surface area contributed by atoms with Crippen molar-refractivity contribution in [2.24, 2.45) is 12.8 Å². The summed E-state index contributed by atoms with van der Waals surface area (Å²) in [6.07, 6.45) is 1.90. The van der Waals surface area contributed by atoms with E-state index in [0.717, 1.165) is 15.7 Å². The Morgan fingerprint density at radius 2 is 2.19 bits per heavy atom. The van der Waals surface area contributed by atoms with Crippen LogP contribution in [0.5, 0.6) is 0 Å². The number of benzene rings is 1. The third-order valence-corrected chi connectivity index (χ3v) is 3.74. The Morgan fingerprint density at radius 3 is 2.81 bits per heavy atom. The number of hydrogen-bond acceptors (Lipinski definition) is 2. The molecule has 5 heteroatoms. The highest BCUT2D eigenvalue weighted by Crippen LogP contribution is 2.27. The average molecular weight is 392 g/mol. The van der Waals surface area contributed by atoms with Crippen LogP contribution in [-0.4, -0.2) is 9.78 Å². The van der Waals surface area contributed by atoms with Crippen LogP contribution >= 0.6 is 38.5 Å². The zero-order valence-electron chi connectivity index (χ0n) is 8.69. The Kier molecular flexibility index (Phi) is 3.66. The van der Waals surface area contributed by atoms with E-state index < -0.39 is 0 Å². The lowest BCUT2D eigenvalue weighted by Crippen LogP contribution is -2.13. The lowest BCUT2D eigenvalue weighted by molar-refractivity contribution is 0.714. The van der Waals surface area contributed by atoms with Crippen molar-refractivity contribution < 1.29 is 0 Å². The molecule has 0 saturated heterocycles. The van der Waals surface area contributed by atoms with E-state index >= 15 is 0 Å². The minimum absolute atomic E-state index is 0.190. The molecule has 1 aromatic carbocycles. The number of nitrogens with two attached hydrogens (primary N) is 1. The zero-order valence-corrected chi connectivity index (χ0v) is 12.4. The summed E-state index contributed by atoms with van der Waals surface area (Å²) >= 11 is 5.80. The Labute approximate surface area is 116 Å². The van der Waals surface area contributed by atoms with E-state index in [2.05, 4.69) is 49.7 Å². The molecule has 0 aliphatic heterocycles. The van der Waals surface area contributed by atoms with Crippen molar-refractivity contribution in [3.05, 3.63) is 49.8 Å². The Balaban J connectivity index is 2.40. The summed E-state index contributed by atoms with van der Waals surface area (Å²) in [6, 6.07) is 7.88. The minimum atomic E-state index is -0.190. The molecule has 2 aromatic rings. The van der Waals surface area contributed by atoms with E-state index in [-0.39, 0.29) is 6.04 Å². The van der Waals surface area contributed by atoms with Crippen molar-refractivity contribution >= 4 is 38.5 Å². The summed E-state index contributed by atoms with van der Waals surface area (Å²) in [6.45, 7) is 0. The second-order valence-electron chi connectivity index (χ2n) is 3.56. The number of aryl methyl sites for hydroxylation is 1. The number of halogens is 2. The SMILES string of the molecule is Cn1ccc(C(N)c2cc(I)ccc2Br)n1. The van der Waals surface area contributed by atoms with Crippen LogP contribution in [-0.2, 0) is 7.05 Å². The summed E-state index contributed by atoms with van der Waals surface area (Å²) in [5.41, 5.74) is 8.13. The molecule has 16 heavy (non-hydrogen) atoms. The Bertz CT molecular complexity index is 510. The normalized spacial score (nSPS) is 12.8. The summed E-state index contributed by atoms with van der Waals surface area (Å²) in [5.74, 6) is 0. The van der Waals surface area contributed by atoms with Gasteiger partial charge in [-0.15, -0.1) is 0 Å². The molecule has 0 saturated carbocycles. The summed E-state index contributed by atoms with van der Waals surface area (Å²) < 4.78 is 3.95. The Morgan fingerprint density at radius 1 is 1.44 bits per heavy atom. The van der Waals surface area contributed by atoms with Gasteiger partial charge in [0.05, 0.1) is 11.7 Å². The first-order valence-electron chi connectivity index (χ1n) is 4.78. The number of rotatable bonds is 2. The van der Waals surface area contributed by atoms with Gasteiger partial charge in [-0.05, 0) is 52.4 Å². The maximum Gasteiger partial charge on any atom is 0.0837 e. The van der Waals surface area contributed by atoms with E-state index in [0.29, 0.717) is 0 Å². The van der Waals surface area contributed by atoms with Crippen LogP contribution in [0, 0.1) is 3.57 Å². The first-order chi connectivity index (χ1) is 7.58. The maximum absolute atomic E-state index is 6.19. The standard InChI is InChI=1S/C11H11BrIN3/c1-16-5-4-10(15-16)11(14)8-6-7(13)2-3-9(8)12/h2-6,11H,14H2,1H3. The van der Waals surface area contributed by atoms with Crippen molar-refractivity contribution in [1.29, 1.82) is 0 Å². The van der Waals surface area contributed by atoms with Gasteiger partial charge in [-0.2, -0.15) is 5.10 Å². The molecule has 84 valence electrons. The van der Waals surface area contributed by atoms with E-state index in [9.17, 15) is 0 Å². The number of aromatic nitrogens is 2. The van der Waals surface area contributed by atoms with Crippen LogP contribution in [0.3, 0.4) is 0 Å². The van der Waals surface area contributed by atoms with Crippen LogP contribution < -0.4 is 5.73 Å². The van der Waals surface area contributed by atoms with Crippen LogP contribution in [0.15, 0.2) is 34.9 Å². The highest BCUT2D eigenvalue weighted by molar-refractivity contribution is 14.1. The van der Waals surface area contributed by atoms with Gasteiger partial charge in [-0.25, -0.2) is 0 Å². The van der Waals surface area contributed by atoms with Crippen LogP contribution in [0.2, 0.25) is 0 Å². The summed E-state index contributed by atoms with van der Waals surface area (Å²) in [7, 11) is 1.89. The topological polar surface area (TPSA) is 43.8 Å². The second kappa shape index (κ2) is 4.85. The first-order valence-corrected chi connectivity index (χ1v) is 6.65. The molecule has 3 nitrogen and oxygen atoms in total. The number of hydrogen-bond donors (Lipinski definition) is 1. The van der Waals surface area contributed by atoms with Gasteiger partial charge in [-0.3, -0.25) is 4.68 Å². The molecular formula is C11H11BrIN3. The van der Waals surface area contributed by atoms with Gasteiger partial charge in [0, 0.05) is 21.3 Å². The molecule has 0 fully saturated rings. The molecule has 0 amide bonds. The first kappa shape index (κ1) is 12.1. The third kappa shape index (κ3) is 2.46. The highest BCUT2D eigenvalue weighted by atomic mass is 127. The van der Waals surface area contributed by atoms with Crippen LogP contribution in [0.25, 0.3) is 0 Å². The van der Waals surface area contributed by atoms with Gasteiger partial charge in [-0.1, -0.05) is 15.9 Å². The van der Waals surface area contributed by atoms with Crippen LogP contribution in [0.1, 0.15) is 17.3 Å². The van der Waals surface area contributed by atoms with Gasteiger partial charge in [0.2, 0.25) is 0 Å². The molecule has 0 bridgehead atoms. The fourth-order valence-electron chi connectivity index (χ4n) is 1.51. The van der Waals surface area contributed by atoms with Crippen LogP contribution in [0.4, 0.5) is 0 Å². The Hall–Kier alpha value is -0.400. The van der Waals surface area contributed by atoms with Crippen molar-refractivity contribution in [2.75, 3.05) is 0 Å². The summed E-state index contributed by atoms with van der Waals surface area (Å²) in [5, 5.41) is 4.33. The molecule has 1 atom stereocenters. The molecule has 0 radical (unpaired) electrons. The molecule has 2 rings (SSSR count). The fraction of sp³-hybridized carbons (Fsp3) is 0.182. The van der Waals surface area contributed by atoms with Crippen molar-refractivity contribution in [1.82, 2.24) is 9.78 Å². The quantitative estimate of drug-likeness (QED) is 0.800. The highest BCUT2D eigenvalue weighted by Gasteiger charge is 2.14. The minimum Gasteiger partial charge on any atom is -0.319 e. The van der Waals surface area contributed by atoms with Crippen molar-refractivity contribution in [3.63, 3.8) is 0 Å². The second-order valence-corrected chi connectivity index (χ2v) is 5.66. The van der Waals surface area contributed by atoms with Crippen molar-refractivity contribution in [3.8, 4) is 0 Å². The smallest absolute Gasteiger partial charge is 0.0837 e. The lowest BCUT2D eigenvalue weighted by Gasteiger charge is -2.11. The zero-order chi connectivity index (χ0) is 11.7. The molecule has 1 heterocycles. The predicted molar refractivity (Wildman–Crippen MR) is 76.1 cm³/mol. The number of nitrogens with zero attached hydrogens (tertiary/aromatic N) is 2. The molecule has 1 aromatic heterocycles. The summed E-state index contributed by atoms with van der Waals surface area (Å²) in [4.78, 5) is 0. The maximum atomic E-state index is 6.19. The van der Waals surface area contributed by atoms with Gasteiger partial charge in [0.25, 0.3) is 0 Å². The van der Waals surface area contributed by atoms with Gasteiger partial charge >= 0.3 is 0 Å². The predicted octanol–water partition coefficient (Wildman–Crippen LogP) is 2.84. The van der Waals surface area contributed by atoms with Gasteiger partial charge in [0.15, 0.2) is 0 Å². The average Bonchev–Trinajstić information content (AvgIpc) is 2.67.